The molecule has 0 amide bonds. The summed E-state index contributed by atoms with van der Waals surface area (Å²) >= 11 is 0. The van der Waals surface area contributed by atoms with Crippen LogP contribution in [0.4, 0.5) is 0 Å². The number of nitrogens with one attached hydrogen (secondary N) is 1. The summed E-state index contributed by atoms with van der Waals surface area (Å²) in [6, 6.07) is 8.56. The zero-order chi connectivity index (χ0) is 10.5. The summed E-state index contributed by atoms with van der Waals surface area (Å²) in [4.78, 5) is 0. The molecular formula is C12H16NO2. The van der Waals surface area contributed by atoms with Gasteiger partial charge in [-0.25, -0.2) is 0 Å². The van der Waals surface area contributed by atoms with Gasteiger partial charge in [-0.2, -0.15) is 0 Å². The molecule has 1 aromatic rings. The van der Waals surface area contributed by atoms with Crippen molar-refractivity contribution in [2.45, 2.75) is 18.9 Å². The maximum Gasteiger partial charge on any atom is 0.124 e. The van der Waals surface area contributed by atoms with Gasteiger partial charge in [0, 0.05) is 6.07 Å². The van der Waals surface area contributed by atoms with Gasteiger partial charge in [-0.15, -0.1) is 0 Å². The van der Waals surface area contributed by atoms with E-state index in [1.54, 1.807) is 13.2 Å². The Bertz CT molecular complexity index is 308. The van der Waals surface area contributed by atoms with E-state index in [0.717, 1.165) is 37.4 Å². The first-order valence-electron chi connectivity index (χ1n) is 5.31. The van der Waals surface area contributed by atoms with Gasteiger partial charge in [0.05, 0.1) is 7.11 Å². The van der Waals surface area contributed by atoms with Gasteiger partial charge in [-0.1, -0.05) is 0 Å². The summed E-state index contributed by atoms with van der Waals surface area (Å²) in [5.41, 5.74) is 0. The Morgan fingerprint density at radius 1 is 1.27 bits per heavy atom. The monoisotopic (exact) mass is 206 g/mol. The van der Waals surface area contributed by atoms with Crippen LogP contribution in [0.25, 0.3) is 0 Å². The van der Waals surface area contributed by atoms with Crippen molar-refractivity contribution in [1.29, 1.82) is 0 Å². The summed E-state index contributed by atoms with van der Waals surface area (Å²) in [5.74, 6) is 1.64. The van der Waals surface area contributed by atoms with Gasteiger partial charge in [0.15, 0.2) is 0 Å². The third-order valence-electron chi connectivity index (χ3n) is 2.56. The highest BCUT2D eigenvalue weighted by atomic mass is 16.5. The van der Waals surface area contributed by atoms with Gasteiger partial charge in [-0.05, 0) is 44.1 Å². The van der Waals surface area contributed by atoms with E-state index < -0.39 is 0 Å². The fraction of sp³-hybridized carbons (Fsp3) is 0.500. The Hall–Kier alpha value is -1.22. The van der Waals surface area contributed by atoms with Crippen LogP contribution in [0.5, 0.6) is 11.5 Å². The second-order valence-corrected chi connectivity index (χ2v) is 3.68. The van der Waals surface area contributed by atoms with Crippen molar-refractivity contribution >= 4 is 0 Å². The molecule has 3 heteroatoms. The number of hydrogen-bond acceptors (Lipinski definition) is 3. The third-order valence-corrected chi connectivity index (χ3v) is 2.56. The zero-order valence-electron chi connectivity index (χ0n) is 8.95. The summed E-state index contributed by atoms with van der Waals surface area (Å²) in [6.45, 7) is 2.08. The summed E-state index contributed by atoms with van der Waals surface area (Å²) < 4.78 is 11.0. The summed E-state index contributed by atoms with van der Waals surface area (Å²) in [6.07, 6.45) is 2.46. The molecule has 0 aromatic heterocycles. The van der Waals surface area contributed by atoms with Crippen LogP contribution in [0.2, 0.25) is 0 Å². The third kappa shape index (κ3) is 2.86. The fourth-order valence-electron chi connectivity index (χ4n) is 1.72. The number of methoxy groups -OCH3 is 1. The molecule has 15 heavy (non-hydrogen) atoms. The van der Waals surface area contributed by atoms with Crippen LogP contribution in [0.3, 0.4) is 0 Å². The van der Waals surface area contributed by atoms with Gasteiger partial charge in [0.25, 0.3) is 0 Å². The Morgan fingerprint density at radius 2 is 2.00 bits per heavy atom. The predicted octanol–water partition coefficient (Wildman–Crippen LogP) is 1.63. The van der Waals surface area contributed by atoms with Gasteiger partial charge >= 0.3 is 0 Å². The molecule has 0 bridgehead atoms. The molecule has 2 rings (SSSR count). The first kappa shape index (κ1) is 10.3. The van der Waals surface area contributed by atoms with E-state index in [2.05, 4.69) is 11.4 Å². The van der Waals surface area contributed by atoms with Crippen molar-refractivity contribution in [3.8, 4) is 11.5 Å². The maximum absolute atomic E-state index is 5.85. The number of benzene rings is 1. The van der Waals surface area contributed by atoms with E-state index >= 15 is 0 Å². The number of piperidine rings is 1. The van der Waals surface area contributed by atoms with E-state index in [4.69, 9.17) is 9.47 Å². The SMILES string of the molecule is COc1c[c]cc(OC2CCNCC2)c1. The molecule has 0 atom stereocenters. The Morgan fingerprint density at radius 3 is 2.73 bits per heavy atom. The molecule has 3 nitrogen and oxygen atoms in total. The van der Waals surface area contributed by atoms with Crippen LogP contribution >= 0.6 is 0 Å². The topological polar surface area (TPSA) is 30.5 Å². The molecule has 1 fully saturated rings. The zero-order valence-corrected chi connectivity index (χ0v) is 8.95. The van der Waals surface area contributed by atoms with Crippen LogP contribution in [0.15, 0.2) is 18.2 Å². The lowest BCUT2D eigenvalue weighted by Gasteiger charge is -2.23. The lowest BCUT2D eigenvalue weighted by atomic mass is 10.1. The highest BCUT2D eigenvalue weighted by molar-refractivity contribution is 5.32. The first-order valence-corrected chi connectivity index (χ1v) is 5.31. The molecule has 1 aliphatic heterocycles. The van der Waals surface area contributed by atoms with Crippen LogP contribution in [0, 0.1) is 6.07 Å². The van der Waals surface area contributed by atoms with Crippen LogP contribution < -0.4 is 14.8 Å². The number of ether oxygens (including phenoxy) is 2. The van der Waals surface area contributed by atoms with E-state index in [9.17, 15) is 0 Å². The van der Waals surface area contributed by atoms with Crippen LogP contribution in [-0.4, -0.2) is 26.3 Å². The average Bonchev–Trinajstić information content (AvgIpc) is 2.31. The minimum atomic E-state index is 0.326. The highest BCUT2D eigenvalue weighted by Crippen LogP contribution is 2.21. The molecule has 0 unspecified atom stereocenters. The lowest BCUT2D eigenvalue weighted by Crippen LogP contribution is -2.34. The van der Waals surface area contributed by atoms with Crippen molar-refractivity contribution in [3.63, 3.8) is 0 Å². The quantitative estimate of drug-likeness (QED) is 0.815. The molecule has 1 aliphatic rings. The van der Waals surface area contributed by atoms with E-state index in [1.165, 1.54) is 0 Å². The second kappa shape index (κ2) is 5.03. The van der Waals surface area contributed by atoms with E-state index in [-0.39, 0.29) is 0 Å². The molecule has 1 N–H and O–H groups in total. The van der Waals surface area contributed by atoms with Gasteiger partial charge < -0.3 is 14.8 Å². The summed E-state index contributed by atoms with van der Waals surface area (Å²) in [7, 11) is 1.65. The normalized spacial score (nSPS) is 17.4. The molecule has 0 spiro atoms. The second-order valence-electron chi connectivity index (χ2n) is 3.68. The van der Waals surface area contributed by atoms with Crippen molar-refractivity contribution in [1.82, 2.24) is 5.32 Å². The van der Waals surface area contributed by atoms with E-state index in [0.29, 0.717) is 6.10 Å². The minimum absolute atomic E-state index is 0.326. The number of rotatable bonds is 3. The fourth-order valence-corrected chi connectivity index (χ4v) is 1.72. The smallest absolute Gasteiger partial charge is 0.124 e. The molecule has 1 heterocycles. The molecule has 1 aromatic carbocycles. The van der Waals surface area contributed by atoms with Crippen molar-refractivity contribution in [3.05, 3.63) is 24.3 Å². The largest absolute Gasteiger partial charge is 0.497 e. The summed E-state index contributed by atoms with van der Waals surface area (Å²) in [5, 5.41) is 3.31. The molecule has 1 radical (unpaired) electrons. The molecule has 0 aliphatic carbocycles. The maximum atomic E-state index is 5.85. The van der Waals surface area contributed by atoms with Crippen LogP contribution in [-0.2, 0) is 0 Å². The van der Waals surface area contributed by atoms with Crippen molar-refractivity contribution in [2.24, 2.45) is 0 Å². The van der Waals surface area contributed by atoms with Crippen LogP contribution in [0.1, 0.15) is 12.8 Å². The minimum Gasteiger partial charge on any atom is -0.497 e. The van der Waals surface area contributed by atoms with Gasteiger partial charge in [-0.3, -0.25) is 0 Å². The van der Waals surface area contributed by atoms with Gasteiger partial charge in [0.2, 0.25) is 0 Å². The lowest BCUT2D eigenvalue weighted by molar-refractivity contribution is 0.162. The Kier molecular flexibility index (Phi) is 3.45. The Labute approximate surface area is 90.4 Å². The van der Waals surface area contributed by atoms with Crippen molar-refractivity contribution < 1.29 is 9.47 Å². The standard InChI is InChI=1S/C12H16NO2/c1-14-11-3-2-4-12(9-11)15-10-5-7-13-8-6-10/h3-4,9-10,13H,5-8H2,1H3. The van der Waals surface area contributed by atoms with Gasteiger partial charge in [0.1, 0.15) is 17.6 Å². The van der Waals surface area contributed by atoms with E-state index in [1.807, 2.05) is 12.1 Å². The number of hydrogen-bond donors (Lipinski definition) is 1. The Balaban J connectivity index is 1.96. The first-order chi connectivity index (χ1) is 7.38. The highest BCUT2D eigenvalue weighted by Gasteiger charge is 2.14. The average molecular weight is 206 g/mol. The van der Waals surface area contributed by atoms with Crippen molar-refractivity contribution in [2.75, 3.05) is 20.2 Å². The molecular weight excluding hydrogens is 190 g/mol. The molecule has 0 saturated carbocycles. The molecule has 81 valence electrons. The predicted molar refractivity (Wildman–Crippen MR) is 58.3 cm³/mol. The molecule has 1 saturated heterocycles.